The molecule has 1 saturated carbocycles. The van der Waals surface area contributed by atoms with Crippen LogP contribution >= 0.6 is 15.9 Å². The summed E-state index contributed by atoms with van der Waals surface area (Å²) in [5, 5.41) is 7.28. The fraction of sp³-hybridized carbons (Fsp3) is 0.500. The molecule has 4 heteroatoms. The van der Waals surface area contributed by atoms with Crippen molar-refractivity contribution in [3.05, 3.63) is 64.7 Å². The lowest BCUT2D eigenvalue weighted by Crippen LogP contribution is -2.41. The van der Waals surface area contributed by atoms with E-state index in [0.29, 0.717) is 18.4 Å². The molecule has 1 fully saturated rings. The fourth-order valence-corrected chi connectivity index (χ4v) is 5.05. The van der Waals surface area contributed by atoms with Gasteiger partial charge in [0.05, 0.1) is 0 Å². The summed E-state index contributed by atoms with van der Waals surface area (Å²) in [5.41, 5.74) is 6.03. The lowest BCUT2D eigenvalue weighted by atomic mass is 9.78. The summed E-state index contributed by atoms with van der Waals surface area (Å²) in [6.07, 6.45) is 4.68. The summed E-state index contributed by atoms with van der Waals surface area (Å²) in [5.74, 6) is 0.708. The van der Waals surface area contributed by atoms with Crippen LogP contribution in [0.3, 0.4) is 0 Å². The Morgan fingerprint density at radius 2 is 1.60 bits per heavy atom. The number of hydrogen-bond acceptors (Lipinski definition) is 1. The molecular formula is C26H35BrN2O. The molecule has 0 aromatic heterocycles. The minimum Gasteiger partial charge on any atom is -0.337 e. The number of amides is 2. The SMILES string of the molecule is CC(C)c1cccc(C(C)C)c1NC(=O)NCC1(c2cccc(CBr)c2)CCCC1. The molecule has 0 bridgehead atoms. The second-order valence-electron chi connectivity index (χ2n) is 9.25. The Morgan fingerprint density at radius 3 is 2.17 bits per heavy atom. The van der Waals surface area contributed by atoms with Gasteiger partial charge in [0, 0.05) is 23.0 Å². The van der Waals surface area contributed by atoms with E-state index in [1.54, 1.807) is 0 Å². The first-order chi connectivity index (χ1) is 14.4. The number of halogens is 1. The van der Waals surface area contributed by atoms with Crippen molar-refractivity contribution in [2.75, 3.05) is 11.9 Å². The zero-order valence-corrected chi connectivity index (χ0v) is 20.3. The van der Waals surface area contributed by atoms with Crippen LogP contribution in [-0.4, -0.2) is 12.6 Å². The normalized spacial score (nSPS) is 15.6. The van der Waals surface area contributed by atoms with E-state index in [1.165, 1.54) is 35.1 Å². The lowest BCUT2D eigenvalue weighted by molar-refractivity contribution is 0.248. The number of urea groups is 1. The predicted molar refractivity (Wildman–Crippen MR) is 131 cm³/mol. The van der Waals surface area contributed by atoms with Crippen LogP contribution in [0.5, 0.6) is 0 Å². The van der Waals surface area contributed by atoms with E-state index in [9.17, 15) is 4.79 Å². The van der Waals surface area contributed by atoms with Crippen LogP contribution in [0.15, 0.2) is 42.5 Å². The first-order valence-electron chi connectivity index (χ1n) is 11.2. The van der Waals surface area contributed by atoms with Gasteiger partial charge in [-0.25, -0.2) is 4.79 Å². The first-order valence-corrected chi connectivity index (χ1v) is 12.3. The molecule has 0 aliphatic heterocycles. The molecule has 1 aliphatic carbocycles. The molecule has 3 nitrogen and oxygen atoms in total. The van der Waals surface area contributed by atoms with Crippen LogP contribution in [0.1, 0.15) is 87.5 Å². The van der Waals surface area contributed by atoms with Gasteiger partial charge in [-0.3, -0.25) is 0 Å². The molecule has 0 saturated heterocycles. The van der Waals surface area contributed by atoms with Crippen molar-refractivity contribution in [2.45, 2.75) is 76.0 Å². The van der Waals surface area contributed by atoms with Crippen molar-refractivity contribution in [3.8, 4) is 0 Å². The van der Waals surface area contributed by atoms with Crippen molar-refractivity contribution in [2.24, 2.45) is 0 Å². The van der Waals surface area contributed by atoms with Gasteiger partial charge in [0.2, 0.25) is 0 Å². The van der Waals surface area contributed by atoms with E-state index in [2.05, 4.69) is 96.7 Å². The Kier molecular flexibility index (Phi) is 7.62. The van der Waals surface area contributed by atoms with Crippen molar-refractivity contribution in [1.29, 1.82) is 0 Å². The van der Waals surface area contributed by atoms with Gasteiger partial charge in [-0.15, -0.1) is 0 Å². The maximum Gasteiger partial charge on any atom is 0.319 e. The number of benzene rings is 2. The Balaban J connectivity index is 1.78. The van der Waals surface area contributed by atoms with Crippen LogP contribution in [0.2, 0.25) is 0 Å². The van der Waals surface area contributed by atoms with E-state index in [0.717, 1.165) is 23.9 Å². The van der Waals surface area contributed by atoms with Gasteiger partial charge in [-0.2, -0.15) is 0 Å². The van der Waals surface area contributed by atoms with E-state index >= 15 is 0 Å². The van der Waals surface area contributed by atoms with E-state index in [-0.39, 0.29) is 11.4 Å². The minimum absolute atomic E-state index is 0.0357. The third kappa shape index (κ3) is 5.08. The van der Waals surface area contributed by atoms with Crippen LogP contribution in [-0.2, 0) is 10.7 Å². The van der Waals surface area contributed by atoms with Crippen LogP contribution in [0.4, 0.5) is 10.5 Å². The summed E-state index contributed by atoms with van der Waals surface area (Å²) in [6.45, 7) is 9.37. The molecule has 30 heavy (non-hydrogen) atoms. The number of rotatable bonds is 7. The zero-order chi connectivity index (χ0) is 21.7. The lowest BCUT2D eigenvalue weighted by Gasteiger charge is -2.31. The number of nitrogens with one attached hydrogen (secondary N) is 2. The standard InChI is InChI=1S/C26H35BrN2O/c1-18(2)22-11-8-12-23(19(3)4)24(22)29-25(30)28-17-26(13-5-6-14-26)21-10-7-9-20(15-21)16-27/h7-12,15,18-19H,5-6,13-14,16-17H2,1-4H3,(H2,28,29,30). The Morgan fingerprint density at radius 1 is 1.00 bits per heavy atom. The summed E-state index contributed by atoms with van der Waals surface area (Å²) in [4.78, 5) is 13.0. The molecule has 0 radical (unpaired) electrons. The average Bonchev–Trinajstić information content (AvgIpc) is 3.22. The maximum absolute atomic E-state index is 13.0. The Hall–Kier alpha value is -1.81. The minimum atomic E-state index is -0.104. The summed E-state index contributed by atoms with van der Waals surface area (Å²) >= 11 is 3.57. The molecule has 3 rings (SSSR count). The van der Waals surface area contributed by atoms with Gasteiger partial charge >= 0.3 is 6.03 Å². The summed E-state index contributed by atoms with van der Waals surface area (Å²) in [6, 6.07) is 15.0. The van der Waals surface area contributed by atoms with Crippen molar-refractivity contribution in [3.63, 3.8) is 0 Å². The highest BCUT2D eigenvalue weighted by molar-refractivity contribution is 9.08. The van der Waals surface area contributed by atoms with Crippen molar-refractivity contribution >= 4 is 27.6 Å². The summed E-state index contributed by atoms with van der Waals surface area (Å²) in [7, 11) is 0. The second-order valence-corrected chi connectivity index (χ2v) is 9.81. The quantitative estimate of drug-likeness (QED) is 0.404. The zero-order valence-electron chi connectivity index (χ0n) is 18.7. The third-order valence-corrected chi connectivity index (χ3v) is 7.10. The number of hydrogen-bond donors (Lipinski definition) is 2. The Bertz CT molecular complexity index is 843. The highest BCUT2D eigenvalue weighted by Gasteiger charge is 2.36. The summed E-state index contributed by atoms with van der Waals surface area (Å²) < 4.78 is 0. The Labute approximate surface area is 190 Å². The molecule has 0 spiro atoms. The van der Waals surface area contributed by atoms with Crippen LogP contribution < -0.4 is 10.6 Å². The van der Waals surface area contributed by atoms with Crippen molar-refractivity contribution < 1.29 is 4.79 Å². The number of carbonyl (C=O) groups is 1. The van der Waals surface area contributed by atoms with Gasteiger partial charge in [0.1, 0.15) is 0 Å². The van der Waals surface area contributed by atoms with E-state index in [4.69, 9.17) is 0 Å². The molecule has 0 unspecified atom stereocenters. The van der Waals surface area contributed by atoms with Gasteiger partial charge < -0.3 is 10.6 Å². The van der Waals surface area contributed by atoms with Gasteiger partial charge in [-0.1, -0.05) is 98.9 Å². The molecule has 1 aliphatic rings. The molecule has 0 atom stereocenters. The molecular weight excluding hydrogens is 436 g/mol. The van der Waals surface area contributed by atoms with Crippen LogP contribution in [0, 0.1) is 0 Å². The smallest absolute Gasteiger partial charge is 0.319 e. The van der Waals surface area contributed by atoms with Crippen molar-refractivity contribution in [1.82, 2.24) is 5.32 Å². The topological polar surface area (TPSA) is 41.1 Å². The molecule has 2 aromatic carbocycles. The predicted octanol–water partition coefficient (Wildman–Crippen LogP) is 7.46. The monoisotopic (exact) mass is 470 g/mol. The molecule has 2 aromatic rings. The second kappa shape index (κ2) is 10.00. The van der Waals surface area contributed by atoms with Crippen LogP contribution in [0.25, 0.3) is 0 Å². The maximum atomic E-state index is 13.0. The molecule has 162 valence electrons. The van der Waals surface area contributed by atoms with Gasteiger partial charge in [-0.05, 0) is 46.9 Å². The highest BCUT2D eigenvalue weighted by Crippen LogP contribution is 2.41. The number of alkyl halides is 1. The van der Waals surface area contributed by atoms with E-state index < -0.39 is 0 Å². The molecule has 0 heterocycles. The molecule has 2 N–H and O–H groups in total. The number of anilines is 1. The largest absolute Gasteiger partial charge is 0.337 e. The van der Waals surface area contributed by atoms with Gasteiger partial charge in [0.15, 0.2) is 0 Å². The molecule has 2 amide bonds. The van der Waals surface area contributed by atoms with E-state index in [1.807, 2.05) is 0 Å². The first kappa shape index (κ1) is 22.9. The third-order valence-electron chi connectivity index (χ3n) is 6.45. The van der Waals surface area contributed by atoms with Gasteiger partial charge in [0.25, 0.3) is 0 Å². The average molecular weight is 471 g/mol. The number of carbonyl (C=O) groups excluding carboxylic acids is 1. The fourth-order valence-electron chi connectivity index (χ4n) is 4.71. The number of para-hydroxylation sites is 1. The highest BCUT2D eigenvalue weighted by atomic mass is 79.9.